The molecule has 3 nitrogen and oxygen atoms in total. The Bertz CT molecular complexity index is 910. The van der Waals surface area contributed by atoms with Crippen LogP contribution in [0.15, 0.2) is 46.2 Å². The summed E-state index contributed by atoms with van der Waals surface area (Å²) < 4.78 is 0. The normalized spacial score (nSPS) is 16.1. The van der Waals surface area contributed by atoms with E-state index in [0.29, 0.717) is 11.8 Å². The van der Waals surface area contributed by atoms with Gasteiger partial charge in [-0.2, -0.15) is 0 Å². The number of benzene rings is 2. The Morgan fingerprint density at radius 1 is 1.10 bits per heavy atom. The average molecular weight is 476 g/mol. The fourth-order valence-electron chi connectivity index (χ4n) is 4.45. The Morgan fingerprint density at radius 3 is 2.58 bits per heavy atom. The monoisotopic (exact) mass is 475 g/mol. The summed E-state index contributed by atoms with van der Waals surface area (Å²) >= 11 is 7.74. The molecule has 2 heterocycles. The molecule has 2 aliphatic heterocycles. The third-order valence-corrected chi connectivity index (χ3v) is 7.55. The molecule has 0 aliphatic carbocycles. The fraction of sp³-hybridized carbons (Fsp3) is 0.480. The van der Waals surface area contributed by atoms with E-state index in [2.05, 4.69) is 72.7 Å². The van der Waals surface area contributed by atoms with Gasteiger partial charge < -0.3 is 15.5 Å². The van der Waals surface area contributed by atoms with E-state index in [4.69, 9.17) is 12.2 Å². The molecular formula is C25H34ClN3S2. The summed E-state index contributed by atoms with van der Waals surface area (Å²) in [6.45, 7) is 11.3. The highest BCUT2D eigenvalue weighted by Crippen LogP contribution is 2.48. The van der Waals surface area contributed by atoms with Crippen LogP contribution in [0.25, 0.3) is 0 Å². The first-order valence-corrected chi connectivity index (χ1v) is 12.5. The Kier molecular flexibility index (Phi) is 8.68. The van der Waals surface area contributed by atoms with E-state index < -0.39 is 0 Å². The van der Waals surface area contributed by atoms with Gasteiger partial charge in [0.1, 0.15) is 4.99 Å². The third-order valence-electron chi connectivity index (χ3n) is 6.05. The van der Waals surface area contributed by atoms with Gasteiger partial charge in [0, 0.05) is 28.4 Å². The number of likely N-dealkylation sites (tertiary alicyclic amines) is 1. The summed E-state index contributed by atoms with van der Waals surface area (Å²) in [5.74, 6) is 1.09. The SMILES string of the molecule is CC(C)CCNC(=S)c1ccc2c(c1C(C)CN1CCCC1)Nc1ccccc1S2.Cl. The van der Waals surface area contributed by atoms with Gasteiger partial charge in [-0.15, -0.1) is 12.4 Å². The molecule has 1 saturated heterocycles. The molecule has 0 radical (unpaired) electrons. The molecule has 0 bridgehead atoms. The number of anilines is 2. The first-order chi connectivity index (χ1) is 14.5. The number of rotatable bonds is 7. The van der Waals surface area contributed by atoms with Gasteiger partial charge in [-0.25, -0.2) is 0 Å². The molecule has 0 aromatic heterocycles. The fourth-order valence-corrected chi connectivity index (χ4v) is 5.74. The molecular weight excluding hydrogens is 442 g/mol. The van der Waals surface area contributed by atoms with Crippen LogP contribution in [0.5, 0.6) is 0 Å². The molecule has 2 aromatic rings. The summed E-state index contributed by atoms with van der Waals surface area (Å²) in [5, 5.41) is 7.29. The van der Waals surface area contributed by atoms with Gasteiger partial charge in [0.2, 0.25) is 0 Å². The standard InChI is InChI=1S/C25H33N3S2.ClH/c1-17(2)12-13-26-25(29)19-10-11-22-24(27-20-8-4-5-9-21(20)30-22)23(19)18(3)16-28-14-6-7-15-28;/h4-5,8-11,17-18,27H,6-7,12-16H2,1-3H3,(H,26,29);1H. The van der Waals surface area contributed by atoms with Crippen molar-refractivity contribution in [3.63, 3.8) is 0 Å². The molecule has 1 fully saturated rings. The molecule has 168 valence electrons. The van der Waals surface area contributed by atoms with Crippen LogP contribution >= 0.6 is 36.4 Å². The number of hydrogen-bond acceptors (Lipinski definition) is 4. The summed E-state index contributed by atoms with van der Waals surface area (Å²) in [4.78, 5) is 6.07. The lowest BCUT2D eigenvalue weighted by Gasteiger charge is -2.30. The van der Waals surface area contributed by atoms with Crippen molar-refractivity contribution in [3.8, 4) is 0 Å². The second kappa shape index (κ2) is 11.0. The predicted molar refractivity (Wildman–Crippen MR) is 141 cm³/mol. The van der Waals surface area contributed by atoms with Gasteiger partial charge in [-0.3, -0.25) is 0 Å². The lowest BCUT2D eigenvalue weighted by atomic mass is 9.92. The number of fused-ring (bicyclic) bond motifs is 2. The van der Waals surface area contributed by atoms with E-state index in [1.165, 1.54) is 58.2 Å². The Balaban J connectivity index is 0.00000272. The minimum Gasteiger partial charge on any atom is -0.376 e. The first-order valence-electron chi connectivity index (χ1n) is 11.2. The Hall–Kier alpha value is -1.27. The van der Waals surface area contributed by atoms with Crippen molar-refractivity contribution >= 4 is 52.8 Å². The first kappa shape index (κ1) is 24.4. The molecule has 31 heavy (non-hydrogen) atoms. The van der Waals surface area contributed by atoms with Crippen LogP contribution in [0.1, 0.15) is 57.1 Å². The molecule has 4 rings (SSSR count). The molecule has 2 aliphatic rings. The van der Waals surface area contributed by atoms with Crippen molar-refractivity contribution in [1.29, 1.82) is 0 Å². The van der Waals surface area contributed by atoms with Crippen LogP contribution in [-0.2, 0) is 0 Å². The molecule has 1 atom stereocenters. The smallest absolute Gasteiger partial charge is 0.106 e. The maximum atomic E-state index is 5.89. The van der Waals surface area contributed by atoms with Crippen LogP contribution < -0.4 is 10.6 Å². The Morgan fingerprint density at radius 2 is 1.84 bits per heavy atom. The van der Waals surface area contributed by atoms with Crippen LogP contribution in [0.3, 0.4) is 0 Å². The number of halogens is 1. The van der Waals surface area contributed by atoms with E-state index >= 15 is 0 Å². The number of nitrogens with one attached hydrogen (secondary N) is 2. The zero-order valence-corrected chi connectivity index (χ0v) is 21.2. The van der Waals surface area contributed by atoms with E-state index in [1.807, 2.05) is 11.8 Å². The summed E-state index contributed by atoms with van der Waals surface area (Å²) in [6, 6.07) is 13.0. The second-order valence-corrected chi connectivity index (χ2v) is 10.5. The molecule has 6 heteroatoms. The van der Waals surface area contributed by atoms with E-state index in [9.17, 15) is 0 Å². The minimum absolute atomic E-state index is 0. The zero-order chi connectivity index (χ0) is 21.1. The van der Waals surface area contributed by atoms with Crippen LogP contribution in [0, 0.1) is 5.92 Å². The molecule has 0 spiro atoms. The van der Waals surface area contributed by atoms with E-state index in [0.717, 1.165) is 24.5 Å². The van der Waals surface area contributed by atoms with Crippen LogP contribution in [0.2, 0.25) is 0 Å². The lowest BCUT2D eigenvalue weighted by molar-refractivity contribution is 0.321. The van der Waals surface area contributed by atoms with Crippen LogP contribution in [-0.4, -0.2) is 36.1 Å². The number of hydrogen-bond donors (Lipinski definition) is 2. The van der Waals surface area contributed by atoms with Crippen molar-refractivity contribution in [2.45, 2.75) is 55.7 Å². The number of nitrogens with zero attached hydrogens (tertiary/aromatic N) is 1. The maximum Gasteiger partial charge on any atom is 0.106 e. The summed E-state index contributed by atoms with van der Waals surface area (Å²) in [6.07, 6.45) is 3.78. The number of para-hydroxylation sites is 1. The molecule has 0 amide bonds. The van der Waals surface area contributed by atoms with Crippen LogP contribution in [0.4, 0.5) is 11.4 Å². The van der Waals surface area contributed by atoms with Gasteiger partial charge >= 0.3 is 0 Å². The molecule has 1 unspecified atom stereocenters. The average Bonchev–Trinajstić information content (AvgIpc) is 3.24. The lowest BCUT2D eigenvalue weighted by Crippen LogP contribution is -2.29. The van der Waals surface area contributed by atoms with Gasteiger partial charge in [0.15, 0.2) is 0 Å². The van der Waals surface area contributed by atoms with E-state index in [-0.39, 0.29) is 12.4 Å². The quantitative estimate of drug-likeness (QED) is 0.365. The third kappa shape index (κ3) is 5.75. The highest BCUT2D eigenvalue weighted by molar-refractivity contribution is 7.99. The minimum atomic E-state index is 0. The zero-order valence-electron chi connectivity index (χ0n) is 18.7. The van der Waals surface area contributed by atoms with Crippen molar-refractivity contribution < 1.29 is 0 Å². The second-order valence-electron chi connectivity index (χ2n) is 8.97. The largest absolute Gasteiger partial charge is 0.376 e. The van der Waals surface area contributed by atoms with Crippen molar-refractivity contribution in [1.82, 2.24) is 10.2 Å². The molecule has 2 aromatic carbocycles. The van der Waals surface area contributed by atoms with Crippen molar-refractivity contribution in [2.75, 3.05) is 31.5 Å². The number of thiocarbonyl (C=S) groups is 1. The van der Waals surface area contributed by atoms with Crippen molar-refractivity contribution in [3.05, 3.63) is 47.5 Å². The highest BCUT2D eigenvalue weighted by atomic mass is 35.5. The van der Waals surface area contributed by atoms with Gasteiger partial charge in [0.05, 0.1) is 11.4 Å². The van der Waals surface area contributed by atoms with Crippen molar-refractivity contribution in [2.24, 2.45) is 5.92 Å². The summed E-state index contributed by atoms with van der Waals surface area (Å²) in [5.41, 5.74) is 4.99. The summed E-state index contributed by atoms with van der Waals surface area (Å²) in [7, 11) is 0. The van der Waals surface area contributed by atoms with Gasteiger partial charge in [-0.1, -0.05) is 63.0 Å². The topological polar surface area (TPSA) is 27.3 Å². The molecule has 2 N–H and O–H groups in total. The Labute approximate surface area is 203 Å². The van der Waals surface area contributed by atoms with Gasteiger partial charge in [-0.05, 0) is 68.0 Å². The van der Waals surface area contributed by atoms with E-state index in [1.54, 1.807) is 0 Å². The predicted octanol–water partition coefficient (Wildman–Crippen LogP) is 6.83. The highest BCUT2D eigenvalue weighted by Gasteiger charge is 2.26. The molecule has 0 saturated carbocycles. The van der Waals surface area contributed by atoms with Gasteiger partial charge in [0.25, 0.3) is 0 Å². The maximum absolute atomic E-state index is 5.89.